The Kier molecular flexibility index (Phi) is 4.40. The van der Waals surface area contributed by atoms with Gasteiger partial charge >= 0.3 is 0 Å². The van der Waals surface area contributed by atoms with Crippen LogP contribution in [0.15, 0.2) is 42.5 Å². The average molecular weight is 274 g/mol. The summed E-state index contributed by atoms with van der Waals surface area (Å²) in [5, 5.41) is 9.74. The highest BCUT2D eigenvalue weighted by Gasteiger charge is 2.14. The maximum Gasteiger partial charge on any atom is 0.133 e. The highest BCUT2D eigenvalue weighted by Crippen LogP contribution is 2.34. The molecule has 0 aromatic heterocycles. The van der Waals surface area contributed by atoms with E-state index in [1.165, 1.54) is 12.1 Å². The van der Waals surface area contributed by atoms with Crippen molar-refractivity contribution in [2.75, 3.05) is 0 Å². The normalized spacial score (nSPS) is 12.5. The average Bonchev–Trinajstić information content (AvgIpc) is 2.41. The molecule has 0 bridgehead atoms. The van der Waals surface area contributed by atoms with Crippen molar-refractivity contribution >= 4 is 0 Å². The standard InChI is InChI=1S/C17H19FO2/c1-11(2)14-6-4-5-7-16(14)20-17-9-8-13(18)10-15(17)12(3)19/h4-12,19H,1-3H3/t12-/m0/s1. The Balaban J connectivity index is 2.40. The van der Waals surface area contributed by atoms with Crippen LogP contribution in [0.3, 0.4) is 0 Å². The van der Waals surface area contributed by atoms with Crippen LogP contribution in [-0.4, -0.2) is 5.11 Å². The Hall–Kier alpha value is -1.87. The molecule has 0 saturated carbocycles. The summed E-state index contributed by atoms with van der Waals surface area (Å²) in [6.45, 7) is 5.76. The van der Waals surface area contributed by atoms with Gasteiger partial charge in [-0.15, -0.1) is 0 Å². The van der Waals surface area contributed by atoms with E-state index >= 15 is 0 Å². The van der Waals surface area contributed by atoms with Gasteiger partial charge in [-0.2, -0.15) is 0 Å². The monoisotopic (exact) mass is 274 g/mol. The van der Waals surface area contributed by atoms with E-state index in [0.29, 0.717) is 17.2 Å². The molecule has 2 aromatic rings. The molecule has 2 rings (SSSR count). The predicted molar refractivity (Wildman–Crippen MR) is 77.6 cm³/mol. The Bertz CT molecular complexity index is 591. The third-order valence-electron chi connectivity index (χ3n) is 3.18. The fourth-order valence-corrected chi connectivity index (χ4v) is 2.11. The molecular weight excluding hydrogens is 255 g/mol. The lowest BCUT2D eigenvalue weighted by atomic mass is 10.0. The Morgan fingerprint density at radius 3 is 2.25 bits per heavy atom. The molecule has 2 aromatic carbocycles. The topological polar surface area (TPSA) is 29.5 Å². The molecule has 3 heteroatoms. The smallest absolute Gasteiger partial charge is 0.133 e. The van der Waals surface area contributed by atoms with Crippen LogP contribution in [0.1, 0.15) is 43.9 Å². The molecule has 1 atom stereocenters. The molecule has 0 aliphatic rings. The fraction of sp³-hybridized carbons (Fsp3) is 0.294. The number of aliphatic hydroxyl groups excluding tert-OH is 1. The Morgan fingerprint density at radius 2 is 1.60 bits per heavy atom. The van der Waals surface area contributed by atoms with E-state index < -0.39 is 6.10 Å². The van der Waals surface area contributed by atoms with Crippen molar-refractivity contribution in [3.8, 4) is 11.5 Å². The number of benzene rings is 2. The summed E-state index contributed by atoms with van der Waals surface area (Å²) in [6.07, 6.45) is -0.785. The first-order valence-electron chi connectivity index (χ1n) is 6.73. The molecule has 106 valence electrons. The van der Waals surface area contributed by atoms with Crippen molar-refractivity contribution in [3.05, 3.63) is 59.4 Å². The highest BCUT2D eigenvalue weighted by molar-refractivity contribution is 5.43. The van der Waals surface area contributed by atoms with E-state index in [1.807, 2.05) is 24.3 Å². The third-order valence-corrected chi connectivity index (χ3v) is 3.18. The molecule has 0 saturated heterocycles. The largest absolute Gasteiger partial charge is 0.457 e. The quantitative estimate of drug-likeness (QED) is 0.868. The zero-order valence-corrected chi connectivity index (χ0v) is 11.9. The maximum absolute atomic E-state index is 13.3. The van der Waals surface area contributed by atoms with Crippen LogP contribution in [0, 0.1) is 5.82 Å². The number of ether oxygens (including phenoxy) is 1. The van der Waals surface area contributed by atoms with Gasteiger partial charge in [0, 0.05) is 5.56 Å². The minimum Gasteiger partial charge on any atom is -0.457 e. The van der Waals surface area contributed by atoms with E-state index in [1.54, 1.807) is 13.0 Å². The zero-order valence-electron chi connectivity index (χ0n) is 11.9. The molecule has 0 unspecified atom stereocenters. The van der Waals surface area contributed by atoms with E-state index in [2.05, 4.69) is 13.8 Å². The number of para-hydroxylation sites is 1. The van der Waals surface area contributed by atoms with Crippen molar-refractivity contribution in [3.63, 3.8) is 0 Å². The summed E-state index contributed by atoms with van der Waals surface area (Å²) in [4.78, 5) is 0. The van der Waals surface area contributed by atoms with Gasteiger partial charge in [0.2, 0.25) is 0 Å². The van der Waals surface area contributed by atoms with Crippen LogP contribution in [0.2, 0.25) is 0 Å². The lowest BCUT2D eigenvalue weighted by Gasteiger charge is -2.17. The summed E-state index contributed by atoms with van der Waals surface area (Å²) < 4.78 is 19.2. The van der Waals surface area contributed by atoms with Crippen molar-refractivity contribution < 1.29 is 14.2 Å². The number of hydrogen-bond donors (Lipinski definition) is 1. The molecular formula is C17H19FO2. The van der Waals surface area contributed by atoms with Gasteiger partial charge in [-0.25, -0.2) is 4.39 Å². The first-order valence-corrected chi connectivity index (χ1v) is 6.73. The third kappa shape index (κ3) is 3.17. The van der Waals surface area contributed by atoms with E-state index in [0.717, 1.165) is 11.3 Å². The first-order chi connectivity index (χ1) is 9.49. The maximum atomic E-state index is 13.3. The summed E-state index contributed by atoms with van der Waals surface area (Å²) >= 11 is 0. The molecule has 20 heavy (non-hydrogen) atoms. The summed E-state index contributed by atoms with van der Waals surface area (Å²) in [6, 6.07) is 11.9. The predicted octanol–water partition coefficient (Wildman–Crippen LogP) is 4.79. The summed E-state index contributed by atoms with van der Waals surface area (Å²) in [5.74, 6) is 1.15. The van der Waals surface area contributed by atoms with Gasteiger partial charge in [0.05, 0.1) is 6.10 Å². The molecule has 0 aliphatic heterocycles. The van der Waals surface area contributed by atoms with Crippen molar-refractivity contribution in [2.45, 2.75) is 32.8 Å². The SMILES string of the molecule is CC(C)c1ccccc1Oc1ccc(F)cc1[C@H](C)O. The summed E-state index contributed by atoms with van der Waals surface area (Å²) in [5.41, 5.74) is 1.52. The summed E-state index contributed by atoms with van der Waals surface area (Å²) in [7, 11) is 0. The van der Waals surface area contributed by atoms with E-state index in [-0.39, 0.29) is 5.82 Å². The van der Waals surface area contributed by atoms with Crippen LogP contribution in [0.25, 0.3) is 0 Å². The second-order valence-electron chi connectivity index (χ2n) is 5.15. The minimum absolute atomic E-state index is 0.321. The van der Waals surface area contributed by atoms with Gasteiger partial charge in [0.1, 0.15) is 17.3 Å². The van der Waals surface area contributed by atoms with Gasteiger partial charge in [0.15, 0.2) is 0 Å². The molecule has 0 heterocycles. The number of rotatable bonds is 4. The van der Waals surface area contributed by atoms with Crippen molar-refractivity contribution in [1.29, 1.82) is 0 Å². The first kappa shape index (κ1) is 14.5. The van der Waals surface area contributed by atoms with Crippen LogP contribution >= 0.6 is 0 Å². The second-order valence-corrected chi connectivity index (χ2v) is 5.15. The number of halogens is 1. The van der Waals surface area contributed by atoms with Gasteiger partial charge in [-0.1, -0.05) is 32.0 Å². The highest BCUT2D eigenvalue weighted by atomic mass is 19.1. The molecule has 0 fully saturated rings. The fourth-order valence-electron chi connectivity index (χ4n) is 2.11. The Morgan fingerprint density at radius 1 is 0.950 bits per heavy atom. The lowest BCUT2D eigenvalue weighted by Crippen LogP contribution is -1.99. The van der Waals surface area contributed by atoms with Gasteiger partial charge in [0.25, 0.3) is 0 Å². The van der Waals surface area contributed by atoms with Crippen LogP contribution < -0.4 is 4.74 Å². The van der Waals surface area contributed by atoms with Gasteiger partial charge in [-0.3, -0.25) is 0 Å². The van der Waals surface area contributed by atoms with Crippen LogP contribution in [0.4, 0.5) is 4.39 Å². The second kappa shape index (κ2) is 6.06. The molecule has 1 N–H and O–H groups in total. The van der Waals surface area contributed by atoms with Crippen LogP contribution in [-0.2, 0) is 0 Å². The van der Waals surface area contributed by atoms with Gasteiger partial charge in [-0.05, 0) is 42.7 Å². The molecule has 0 amide bonds. The number of aliphatic hydroxyl groups is 1. The zero-order chi connectivity index (χ0) is 14.7. The van der Waals surface area contributed by atoms with E-state index in [4.69, 9.17) is 4.74 Å². The Labute approximate surface area is 118 Å². The molecule has 2 nitrogen and oxygen atoms in total. The number of hydrogen-bond acceptors (Lipinski definition) is 2. The minimum atomic E-state index is -0.785. The lowest BCUT2D eigenvalue weighted by molar-refractivity contribution is 0.195. The van der Waals surface area contributed by atoms with E-state index in [9.17, 15) is 9.50 Å². The molecule has 0 radical (unpaired) electrons. The molecule has 0 spiro atoms. The van der Waals surface area contributed by atoms with Crippen LogP contribution in [0.5, 0.6) is 11.5 Å². The van der Waals surface area contributed by atoms with Crippen molar-refractivity contribution in [1.82, 2.24) is 0 Å². The van der Waals surface area contributed by atoms with Gasteiger partial charge < -0.3 is 9.84 Å². The van der Waals surface area contributed by atoms with Crippen molar-refractivity contribution in [2.24, 2.45) is 0 Å². The molecule has 0 aliphatic carbocycles.